The topological polar surface area (TPSA) is 105 Å². The van der Waals surface area contributed by atoms with Crippen LogP contribution in [0.5, 0.6) is 0 Å². The van der Waals surface area contributed by atoms with E-state index < -0.39 is 19.1 Å². The highest BCUT2D eigenvalue weighted by Gasteiger charge is 2.21. The van der Waals surface area contributed by atoms with E-state index in [-0.39, 0.29) is 30.4 Å². The number of para-hydroxylation sites is 2. The first-order chi connectivity index (χ1) is 14.9. The summed E-state index contributed by atoms with van der Waals surface area (Å²) < 4.78 is 25.1. The summed E-state index contributed by atoms with van der Waals surface area (Å²) in [6, 6.07) is 18.7. The van der Waals surface area contributed by atoms with Crippen LogP contribution in [0.15, 0.2) is 72.8 Å². The second kappa shape index (κ2) is 10.5. The zero-order valence-electron chi connectivity index (χ0n) is 16.3. The normalized spacial score (nSPS) is 10.9. The van der Waals surface area contributed by atoms with Gasteiger partial charge in [0, 0.05) is 18.2 Å². The summed E-state index contributed by atoms with van der Waals surface area (Å²) in [4.78, 5) is 21.5. The molecule has 8 nitrogen and oxygen atoms in total. The van der Waals surface area contributed by atoms with Crippen LogP contribution in [0, 0.1) is 26.0 Å². The number of hydrogen-bond acceptors (Lipinski definition) is 6. The largest absolute Gasteiger partial charge is 0.392 e. The second-order valence-electron chi connectivity index (χ2n) is 6.65. The summed E-state index contributed by atoms with van der Waals surface area (Å²) >= 11 is 0. The minimum atomic E-state index is -2.49. The van der Waals surface area contributed by atoms with E-state index >= 15 is 0 Å². The lowest BCUT2D eigenvalue weighted by Crippen LogP contribution is -2.26. The van der Waals surface area contributed by atoms with Gasteiger partial charge in [-0.15, -0.1) is 0 Å². The van der Waals surface area contributed by atoms with Crippen LogP contribution in [-0.4, -0.2) is 19.1 Å². The van der Waals surface area contributed by atoms with E-state index in [1.165, 1.54) is 24.3 Å². The molecule has 0 radical (unpaired) electrons. The van der Waals surface area contributed by atoms with Gasteiger partial charge in [0.05, 0.1) is 34.2 Å². The van der Waals surface area contributed by atoms with Crippen LogP contribution in [0.1, 0.15) is 16.7 Å². The molecule has 0 bridgehead atoms. The molecule has 0 aliphatic heterocycles. The van der Waals surface area contributed by atoms with Crippen molar-refractivity contribution in [3.63, 3.8) is 0 Å². The Hall–Kier alpha value is -3.47. The van der Waals surface area contributed by atoms with Gasteiger partial charge in [-0.3, -0.25) is 20.2 Å². The number of halogens is 1. The molecule has 0 heterocycles. The Bertz CT molecular complexity index is 1000. The van der Waals surface area contributed by atoms with Crippen molar-refractivity contribution >= 4 is 20.7 Å². The average molecular weight is 442 g/mol. The van der Waals surface area contributed by atoms with Crippen molar-refractivity contribution in [2.24, 2.45) is 0 Å². The number of nitrogens with zero attached hydrogens (tertiary/aromatic N) is 2. The molecule has 3 aromatic carbocycles. The maximum absolute atomic E-state index is 13.2. The molecule has 0 aromatic heterocycles. The molecule has 160 valence electrons. The predicted molar refractivity (Wildman–Crippen MR) is 113 cm³/mol. The molecule has 3 rings (SSSR count). The third-order valence-electron chi connectivity index (χ3n) is 4.54. The van der Waals surface area contributed by atoms with Crippen molar-refractivity contribution < 1.29 is 23.1 Å². The van der Waals surface area contributed by atoms with Crippen LogP contribution in [-0.2, 0) is 28.1 Å². The highest BCUT2D eigenvalue weighted by Crippen LogP contribution is 2.22. The molecule has 0 fully saturated rings. The van der Waals surface area contributed by atoms with Gasteiger partial charge in [0.1, 0.15) is 5.82 Å². The smallest absolute Gasteiger partial charge is 0.326 e. The van der Waals surface area contributed by atoms with E-state index in [2.05, 4.69) is 0 Å². The second-order valence-corrected chi connectivity index (χ2v) is 8.59. The lowest BCUT2D eigenvalue weighted by atomic mass is 10.2. The van der Waals surface area contributed by atoms with Crippen molar-refractivity contribution in [3.8, 4) is 0 Å². The maximum Gasteiger partial charge on any atom is 0.326 e. The monoisotopic (exact) mass is 442 g/mol. The van der Waals surface area contributed by atoms with Gasteiger partial charge in [0.15, 0.2) is 0 Å². The van der Waals surface area contributed by atoms with Crippen molar-refractivity contribution in [2.75, 3.05) is 0 Å². The van der Waals surface area contributed by atoms with E-state index in [0.29, 0.717) is 17.2 Å². The molecular formula is C21H19FN2O6Si. The highest BCUT2D eigenvalue weighted by atomic mass is 28.3. The predicted octanol–water partition coefficient (Wildman–Crippen LogP) is 4.38. The van der Waals surface area contributed by atoms with Gasteiger partial charge in [-0.25, -0.2) is 4.39 Å². The Morgan fingerprint density at radius 3 is 1.65 bits per heavy atom. The zero-order chi connectivity index (χ0) is 22.2. The molecule has 0 saturated carbocycles. The summed E-state index contributed by atoms with van der Waals surface area (Å²) in [5.41, 5.74) is 1.46. The molecule has 0 saturated heterocycles. The fraction of sp³-hybridized carbons (Fsp3) is 0.143. The standard InChI is InChI=1S/C21H19FN2O6Si/c22-19-11-9-16(10-12-19)15-31(29-13-17-5-1-3-7-20(17)23(25)26)30-14-18-6-2-4-8-21(18)24(27)28/h1-12,31H,13-15H2. The van der Waals surface area contributed by atoms with Gasteiger partial charge in [0.2, 0.25) is 0 Å². The summed E-state index contributed by atoms with van der Waals surface area (Å²) in [5.74, 6) is -0.372. The van der Waals surface area contributed by atoms with Crippen LogP contribution in [0.25, 0.3) is 0 Å². The molecule has 3 aromatic rings. The van der Waals surface area contributed by atoms with E-state index in [1.807, 2.05) is 0 Å². The van der Waals surface area contributed by atoms with Gasteiger partial charge in [-0.1, -0.05) is 36.4 Å². The number of nitro benzene ring substituents is 2. The van der Waals surface area contributed by atoms with Crippen LogP contribution in [0.2, 0.25) is 0 Å². The molecule has 31 heavy (non-hydrogen) atoms. The first kappa shape index (κ1) is 22.2. The summed E-state index contributed by atoms with van der Waals surface area (Å²) in [7, 11) is -2.49. The van der Waals surface area contributed by atoms with Gasteiger partial charge < -0.3 is 8.85 Å². The quantitative estimate of drug-likeness (QED) is 0.262. The number of hydrogen-bond donors (Lipinski definition) is 0. The molecule has 0 unspecified atom stereocenters. The van der Waals surface area contributed by atoms with E-state index in [4.69, 9.17) is 8.85 Å². The molecule has 0 aliphatic carbocycles. The molecule has 0 amide bonds. The van der Waals surface area contributed by atoms with Gasteiger partial charge >= 0.3 is 9.28 Å². The van der Waals surface area contributed by atoms with Crippen LogP contribution in [0.3, 0.4) is 0 Å². The van der Waals surface area contributed by atoms with Crippen molar-refractivity contribution in [1.82, 2.24) is 0 Å². The molecule has 10 heteroatoms. The third kappa shape index (κ3) is 6.25. The van der Waals surface area contributed by atoms with Gasteiger partial charge in [-0.2, -0.15) is 0 Å². The summed E-state index contributed by atoms with van der Waals surface area (Å²) in [6.45, 7) is -0.0712. The zero-order valence-corrected chi connectivity index (χ0v) is 17.5. The summed E-state index contributed by atoms with van der Waals surface area (Å²) in [5, 5.41) is 22.5. The Kier molecular flexibility index (Phi) is 7.54. The minimum absolute atomic E-state index is 0.0356. The SMILES string of the molecule is O=[N+]([O-])c1ccccc1CO[SiH](Cc1ccc(F)cc1)OCc1ccccc1[N+](=O)[O-]. The number of nitro groups is 2. The molecule has 0 N–H and O–H groups in total. The molecule has 0 atom stereocenters. The Morgan fingerprint density at radius 2 is 1.19 bits per heavy atom. The number of rotatable bonds is 10. The van der Waals surface area contributed by atoms with E-state index in [0.717, 1.165) is 5.56 Å². The van der Waals surface area contributed by atoms with Gasteiger partial charge in [-0.05, 0) is 29.8 Å². The van der Waals surface area contributed by atoms with Crippen molar-refractivity contribution in [2.45, 2.75) is 19.3 Å². The Balaban J connectivity index is 1.76. The Labute approximate surface area is 179 Å². The van der Waals surface area contributed by atoms with Crippen molar-refractivity contribution in [1.29, 1.82) is 0 Å². The lowest BCUT2D eigenvalue weighted by molar-refractivity contribution is -0.385. The van der Waals surface area contributed by atoms with E-state index in [1.54, 1.807) is 48.5 Å². The Morgan fingerprint density at radius 1 is 0.742 bits per heavy atom. The lowest BCUT2D eigenvalue weighted by Gasteiger charge is -2.17. The first-order valence-electron chi connectivity index (χ1n) is 9.36. The molecule has 0 aliphatic rings. The summed E-state index contributed by atoms with van der Waals surface area (Å²) in [6.07, 6.45) is 0. The van der Waals surface area contributed by atoms with Crippen LogP contribution in [0.4, 0.5) is 15.8 Å². The average Bonchev–Trinajstić information content (AvgIpc) is 2.77. The highest BCUT2D eigenvalue weighted by molar-refractivity contribution is 6.43. The fourth-order valence-electron chi connectivity index (χ4n) is 2.97. The fourth-order valence-corrected chi connectivity index (χ4v) is 4.69. The van der Waals surface area contributed by atoms with E-state index in [9.17, 15) is 24.6 Å². The number of benzene rings is 3. The molecule has 0 spiro atoms. The van der Waals surface area contributed by atoms with Crippen molar-refractivity contribution in [3.05, 3.63) is 116 Å². The van der Waals surface area contributed by atoms with Gasteiger partial charge in [0.25, 0.3) is 11.4 Å². The third-order valence-corrected chi connectivity index (χ3v) is 6.42. The first-order valence-corrected chi connectivity index (χ1v) is 11.1. The maximum atomic E-state index is 13.2. The van der Waals surface area contributed by atoms with Crippen LogP contribution < -0.4 is 0 Å². The van der Waals surface area contributed by atoms with Crippen LogP contribution >= 0.6 is 0 Å². The minimum Gasteiger partial charge on any atom is -0.392 e. The molecular weight excluding hydrogens is 423 g/mol.